The Morgan fingerprint density at radius 1 is 1.25 bits per heavy atom. The van der Waals surface area contributed by atoms with Crippen LogP contribution in [0.2, 0.25) is 0 Å². The molecule has 3 rings (SSSR count). The van der Waals surface area contributed by atoms with Crippen LogP contribution in [-0.4, -0.2) is 23.2 Å². The number of ether oxygens (including phenoxy) is 1. The summed E-state index contributed by atoms with van der Waals surface area (Å²) in [6.45, 7) is 4.50. The predicted octanol–water partition coefficient (Wildman–Crippen LogP) is 4.22. The molecule has 1 aliphatic carbocycles. The van der Waals surface area contributed by atoms with Gasteiger partial charge in [0.2, 0.25) is 0 Å². The van der Waals surface area contributed by atoms with Gasteiger partial charge >= 0.3 is 6.09 Å². The molecule has 1 saturated heterocycles. The Morgan fingerprint density at radius 3 is 2.83 bits per heavy atom. The van der Waals surface area contributed by atoms with Gasteiger partial charge in [-0.2, -0.15) is 0 Å². The van der Waals surface area contributed by atoms with Crippen LogP contribution in [-0.2, 0) is 4.74 Å². The lowest BCUT2D eigenvalue weighted by atomic mass is 10.0. The van der Waals surface area contributed by atoms with Crippen molar-refractivity contribution in [2.45, 2.75) is 45.1 Å². The number of hydrogen-bond donors (Lipinski definition) is 0. The van der Waals surface area contributed by atoms with E-state index in [1.807, 2.05) is 32.1 Å². The van der Waals surface area contributed by atoms with E-state index in [9.17, 15) is 4.79 Å². The lowest BCUT2D eigenvalue weighted by Gasteiger charge is -2.23. The zero-order valence-electron chi connectivity index (χ0n) is 14.2. The number of anilines is 1. The second kappa shape index (κ2) is 6.92. The number of allylic oxidation sites excluding steroid dienone is 4. The fourth-order valence-electron chi connectivity index (χ4n) is 2.77. The van der Waals surface area contributed by atoms with Gasteiger partial charge < -0.3 is 4.74 Å². The lowest BCUT2D eigenvalue weighted by molar-refractivity contribution is 0.0449. The number of carbonyl (C=O) groups excluding carboxylic acids is 1. The molecule has 0 radical (unpaired) electrons. The second-order valence-electron chi connectivity index (χ2n) is 6.68. The summed E-state index contributed by atoms with van der Waals surface area (Å²) in [7, 11) is 0. The molecule has 4 heteroatoms. The van der Waals surface area contributed by atoms with Gasteiger partial charge in [0.1, 0.15) is 11.4 Å². The van der Waals surface area contributed by atoms with Crippen molar-refractivity contribution in [1.29, 1.82) is 0 Å². The first-order valence-electron chi connectivity index (χ1n) is 8.39. The number of hydrogen-bond acceptors (Lipinski definition) is 3. The molecular formula is C20H22N2O2. The molecule has 1 aromatic heterocycles. The van der Waals surface area contributed by atoms with Crippen LogP contribution in [0, 0.1) is 11.8 Å². The molecule has 1 aromatic rings. The fraction of sp³-hybridized carbons (Fsp3) is 0.400. The zero-order valence-corrected chi connectivity index (χ0v) is 14.2. The molecular weight excluding hydrogens is 300 g/mol. The van der Waals surface area contributed by atoms with Crippen molar-refractivity contribution in [3.63, 3.8) is 0 Å². The Balaban J connectivity index is 1.72. The van der Waals surface area contributed by atoms with E-state index < -0.39 is 5.60 Å². The molecule has 0 N–H and O–H groups in total. The zero-order chi connectivity index (χ0) is 17.0. The Bertz CT molecular complexity index is 733. The molecule has 2 heterocycles. The molecule has 1 aliphatic heterocycles. The largest absolute Gasteiger partial charge is 0.443 e. The minimum Gasteiger partial charge on any atom is -0.443 e. The smallest absolute Gasteiger partial charge is 0.416 e. The van der Waals surface area contributed by atoms with Gasteiger partial charge in [0, 0.05) is 23.9 Å². The Hall–Kier alpha value is -2.54. The molecule has 0 unspecified atom stereocenters. The standard InChI is InChI=1S/C20H22N2O2/c1-20(2)13-6-14-22(19(23)24-20)18-12-11-17(15-21-18)10-9-16-7-4-3-5-8-16/h4,7-8,11-12,15H,3,5-6,13-14H2,1-2H3. The second-order valence-corrected chi connectivity index (χ2v) is 6.68. The molecule has 4 nitrogen and oxygen atoms in total. The van der Waals surface area contributed by atoms with Gasteiger partial charge in [-0.05, 0) is 51.7 Å². The highest BCUT2D eigenvalue weighted by atomic mass is 16.6. The summed E-state index contributed by atoms with van der Waals surface area (Å²) in [4.78, 5) is 18.3. The van der Waals surface area contributed by atoms with Gasteiger partial charge in [0.25, 0.3) is 0 Å². The summed E-state index contributed by atoms with van der Waals surface area (Å²) in [5, 5.41) is 0. The number of carbonyl (C=O) groups is 1. The number of nitrogens with zero attached hydrogens (tertiary/aromatic N) is 2. The van der Waals surface area contributed by atoms with E-state index in [0.29, 0.717) is 12.4 Å². The number of rotatable bonds is 1. The number of aromatic nitrogens is 1. The minimum atomic E-state index is -0.418. The van der Waals surface area contributed by atoms with Crippen molar-refractivity contribution in [2.75, 3.05) is 11.4 Å². The molecule has 1 amide bonds. The monoisotopic (exact) mass is 322 g/mol. The molecule has 1 fully saturated rings. The van der Waals surface area contributed by atoms with Crippen LogP contribution in [0.15, 0.2) is 42.1 Å². The van der Waals surface area contributed by atoms with Crippen LogP contribution in [0.4, 0.5) is 10.6 Å². The third kappa shape index (κ3) is 4.05. The molecule has 0 spiro atoms. The van der Waals surface area contributed by atoms with Crippen molar-refractivity contribution < 1.29 is 9.53 Å². The van der Waals surface area contributed by atoms with E-state index in [0.717, 1.165) is 36.8 Å². The Labute approximate surface area is 143 Å². The quantitative estimate of drug-likeness (QED) is 0.727. The van der Waals surface area contributed by atoms with Crippen LogP contribution >= 0.6 is 0 Å². The van der Waals surface area contributed by atoms with E-state index in [-0.39, 0.29) is 6.09 Å². The molecule has 124 valence electrons. The van der Waals surface area contributed by atoms with E-state index in [1.54, 1.807) is 11.1 Å². The van der Waals surface area contributed by atoms with Crippen LogP contribution in [0.1, 0.15) is 45.1 Å². The SMILES string of the molecule is CC1(C)CCCN(c2ccc(C#CC3=CCCC=C3)cn2)C(=O)O1. The summed E-state index contributed by atoms with van der Waals surface area (Å²) in [6.07, 6.45) is 11.6. The van der Waals surface area contributed by atoms with E-state index in [2.05, 4.69) is 29.0 Å². The van der Waals surface area contributed by atoms with Crippen molar-refractivity contribution in [2.24, 2.45) is 0 Å². The summed E-state index contributed by atoms with van der Waals surface area (Å²) in [5.74, 6) is 6.87. The molecule has 0 bridgehead atoms. The highest BCUT2D eigenvalue weighted by Crippen LogP contribution is 2.25. The molecule has 0 atom stereocenters. The molecule has 2 aliphatic rings. The third-order valence-electron chi connectivity index (χ3n) is 4.12. The van der Waals surface area contributed by atoms with Gasteiger partial charge in [-0.1, -0.05) is 30.1 Å². The minimum absolute atomic E-state index is 0.332. The van der Waals surface area contributed by atoms with Crippen LogP contribution in [0.25, 0.3) is 0 Å². The highest BCUT2D eigenvalue weighted by molar-refractivity contribution is 5.86. The van der Waals surface area contributed by atoms with Gasteiger partial charge in [-0.15, -0.1) is 0 Å². The van der Waals surface area contributed by atoms with E-state index in [1.165, 1.54) is 0 Å². The summed E-state index contributed by atoms with van der Waals surface area (Å²) in [6, 6.07) is 3.72. The molecule has 0 aromatic carbocycles. The van der Waals surface area contributed by atoms with Crippen molar-refractivity contribution in [3.05, 3.63) is 47.7 Å². The van der Waals surface area contributed by atoms with Gasteiger partial charge in [0.05, 0.1) is 0 Å². The number of cyclic esters (lactones) is 1. The number of amides is 1. The average molecular weight is 322 g/mol. The van der Waals surface area contributed by atoms with Crippen molar-refractivity contribution in [3.8, 4) is 11.8 Å². The normalized spacial score (nSPS) is 19.7. The summed E-state index contributed by atoms with van der Waals surface area (Å²) < 4.78 is 5.53. The Kier molecular flexibility index (Phi) is 4.71. The maximum absolute atomic E-state index is 12.3. The molecule has 0 saturated carbocycles. The van der Waals surface area contributed by atoms with Crippen molar-refractivity contribution in [1.82, 2.24) is 4.98 Å². The summed E-state index contributed by atoms with van der Waals surface area (Å²) >= 11 is 0. The summed E-state index contributed by atoms with van der Waals surface area (Å²) in [5.41, 5.74) is 1.46. The van der Waals surface area contributed by atoms with Gasteiger partial charge in [0.15, 0.2) is 0 Å². The molecule has 24 heavy (non-hydrogen) atoms. The highest BCUT2D eigenvalue weighted by Gasteiger charge is 2.31. The third-order valence-corrected chi connectivity index (χ3v) is 4.12. The average Bonchev–Trinajstić information content (AvgIpc) is 2.71. The van der Waals surface area contributed by atoms with Gasteiger partial charge in [-0.3, -0.25) is 4.90 Å². The van der Waals surface area contributed by atoms with Crippen LogP contribution in [0.5, 0.6) is 0 Å². The topological polar surface area (TPSA) is 42.4 Å². The first-order valence-corrected chi connectivity index (χ1v) is 8.39. The van der Waals surface area contributed by atoms with E-state index >= 15 is 0 Å². The first-order chi connectivity index (χ1) is 11.5. The lowest BCUT2D eigenvalue weighted by Crippen LogP contribution is -2.34. The maximum atomic E-state index is 12.3. The Morgan fingerprint density at radius 2 is 2.12 bits per heavy atom. The number of pyridine rings is 1. The predicted molar refractivity (Wildman–Crippen MR) is 94.7 cm³/mol. The van der Waals surface area contributed by atoms with Crippen LogP contribution < -0.4 is 4.90 Å². The van der Waals surface area contributed by atoms with Crippen molar-refractivity contribution >= 4 is 11.9 Å². The van der Waals surface area contributed by atoms with Gasteiger partial charge in [-0.25, -0.2) is 9.78 Å². The first kappa shape index (κ1) is 16.3. The van der Waals surface area contributed by atoms with Crippen LogP contribution in [0.3, 0.4) is 0 Å². The van der Waals surface area contributed by atoms with E-state index in [4.69, 9.17) is 4.74 Å². The maximum Gasteiger partial charge on any atom is 0.416 e. The fourth-order valence-corrected chi connectivity index (χ4v) is 2.77.